The average molecular weight is 81.2 g/mol. The minimum absolute atomic E-state index is 0. The van der Waals surface area contributed by atoms with Crippen molar-refractivity contribution in [1.82, 2.24) is 0 Å². The van der Waals surface area contributed by atoms with Crippen molar-refractivity contribution in [3.8, 4) is 0 Å². The van der Waals surface area contributed by atoms with Crippen molar-refractivity contribution >= 4 is 0 Å². The molecule has 0 aromatic carbocycles. The third kappa shape index (κ3) is 11.1. The molecular formula is C2H4KN. The van der Waals surface area contributed by atoms with Gasteiger partial charge in [-0.05, 0) is 0 Å². The summed E-state index contributed by atoms with van der Waals surface area (Å²) in [5.41, 5.74) is 0. The molecule has 0 unspecified atom stereocenters. The molecule has 18 valence electrons. The third-order valence-electron chi connectivity index (χ3n) is 0. The third-order valence-corrected chi connectivity index (χ3v) is 0. The average Bonchev–Trinajstić information content (AvgIpc) is 1.00. The summed E-state index contributed by atoms with van der Waals surface area (Å²) in [6.45, 7) is 4.75. The SMILES string of the molecule is C.[C-]#N.[K+]. The van der Waals surface area contributed by atoms with Gasteiger partial charge in [0.2, 0.25) is 0 Å². The van der Waals surface area contributed by atoms with Crippen LogP contribution in [-0.4, -0.2) is 0 Å². The van der Waals surface area contributed by atoms with Gasteiger partial charge in [-0.25, -0.2) is 0 Å². The van der Waals surface area contributed by atoms with Crippen LogP contribution in [0.3, 0.4) is 0 Å². The van der Waals surface area contributed by atoms with Crippen LogP contribution >= 0.6 is 0 Å². The molecule has 0 saturated carbocycles. The van der Waals surface area contributed by atoms with E-state index in [1.54, 1.807) is 0 Å². The molecule has 0 atom stereocenters. The van der Waals surface area contributed by atoms with Crippen molar-refractivity contribution in [3.05, 3.63) is 6.57 Å². The summed E-state index contributed by atoms with van der Waals surface area (Å²) < 4.78 is 0. The van der Waals surface area contributed by atoms with Crippen molar-refractivity contribution in [2.45, 2.75) is 7.43 Å². The molecule has 0 amide bonds. The van der Waals surface area contributed by atoms with Gasteiger partial charge in [0.1, 0.15) is 0 Å². The number of rotatable bonds is 0. The molecule has 0 aromatic heterocycles. The van der Waals surface area contributed by atoms with Crippen LogP contribution in [0.1, 0.15) is 7.43 Å². The number of nitrogens with zero attached hydrogens (tertiary/aromatic N) is 1. The van der Waals surface area contributed by atoms with Crippen molar-refractivity contribution in [2.24, 2.45) is 0 Å². The summed E-state index contributed by atoms with van der Waals surface area (Å²) in [6.07, 6.45) is 0. The van der Waals surface area contributed by atoms with Gasteiger partial charge in [0, 0.05) is 0 Å². The van der Waals surface area contributed by atoms with Crippen LogP contribution in [0.2, 0.25) is 0 Å². The van der Waals surface area contributed by atoms with E-state index in [9.17, 15) is 0 Å². The Morgan fingerprint density at radius 2 is 1.25 bits per heavy atom. The Bertz CT molecular complexity index is 10.8. The van der Waals surface area contributed by atoms with Gasteiger partial charge in [-0.2, -0.15) is 0 Å². The zero-order chi connectivity index (χ0) is 2.00. The standard InChI is InChI=1S/CN.CH4.K/c1-2;;/h;1H4;/q-1;;+1. The predicted molar refractivity (Wildman–Crippen MR) is 11.7 cm³/mol. The fraction of sp³-hybridized carbons (Fsp3) is 0.500. The van der Waals surface area contributed by atoms with Crippen molar-refractivity contribution in [1.29, 1.82) is 5.26 Å². The molecule has 0 bridgehead atoms. The molecule has 0 aliphatic rings. The van der Waals surface area contributed by atoms with E-state index in [0.717, 1.165) is 0 Å². The van der Waals surface area contributed by atoms with Gasteiger partial charge in [0.15, 0.2) is 0 Å². The molecule has 1 nitrogen and oxygen atoms in total. The van der Waals surface area contributed by atoms with Crippen LogP contribution < -0.4 is 51.4 Å². The molecule has 4 heavy (non-hydrogen) atoms. The van der Waals surface area contributed by atoms with E-state index in [2.05, 4.69) is 0 Å². The number of hydrogen-bond acceptors (Lipinski definition) is 1. The van der Waals surface area contributed by atoms with Gasteiger partial charge in [-0.15, -0.1) is 0 Å². The molecular weight excluding hydrogens is 77.1 g/mol. The van der Waals surface area contributed by atoms with Crippen molar-refractivity contribution in [2.75, 3.05) is 0 Å². The predicted octanol–water partition coefficient (Wildman–Crippen LogP) is -2.26. The molecule has 0 aliphatic heterocycles. The van der Waals surface area contributed by atoms with Crippen molar-refractivity contribution in [3.63, 3.8) is 0 Å². The second-order valence-corrected chi connectivity index (χ2v) is 0. The van der Waals surface area contributed by atoms with E-state index in [1.165, 1.54) is 0 Å². The monoisotopic (exact) mass is 81.0 g/mol. The smallest absolute Gasteiger partial charge is 0.512 e. The molecule has 0 rings (SSSR count). The van der Waals surface area contributed by atoms with Crippen molar-refractivity contribution < 1.29 is 51.4 Å². The van der Waals surface area contributed by atoms with E-state index in [4.69, 9.17) is 11.8 Å². The minimum atomic E-state index is 0. The molecule has 0 radical (unpaired) electrons. The normalized spacial score (nSPS) is 0.500. The summed E-state index contributed by atoms with van der Waals surface area (Å²) in [5, 5.41) is 6.25. The van der Waals surface area contributed by atoms with E-state index in [0.29, 0.717) is 0 Å². The molecule has 2 heteroatoms. The molecule has 0 aliphatic carbocycles. The van der Waals surface area contributed by atoms with E-state index >= 15 is 0 Å². The molecule has 0 saturated heterocycles. The Morgan fingerprint density at radius 3 is 1.25 bits per heavy atom. The van der Waals surface area contributed by atoms with Crippen LogP contribution in [0.4, 0.5) is 0 Å². The first-order valence-electron chi connectivity index (χ1n) is 0.224. The van der Waals surface area contributed by atoms with Gasteiger partial charge in [-0.3, -0.25) is 0 Å². The molecule has 0 heterocycles. The zero-order valence-corrected chi connectivity index (χ0v) is 5.07. The summed E-state index contributed by atoms with van der Waals surface area (Å²) in [5.74, 6) is 0. The van der Waals surface area contributed by atoms with Crippen LogP contribution in [0.15, 0.2) is 0 Å². The van der Waals surface area contributed by atoms with Crippen LogP contribution in [0.5, 0.6) is 0 Å². The summed E-state index contributed by atoms with van der Waals surface area (Å²) in [6, 6.07) is 0. The Kier molecular flexibility index (Phi) is 153. The van der Waals surface area contributed by atoms with Gasteiger partial charge in [-0.1, -0.05) is 7.43 Å². The first kappa shape index (κ1) is 19.3. The second kappa shape index (κ2) is 31.8. The largest absolute Gasteiger partial charge is 1.00 e. The van der Waals surface area contributed by atoms with Crippen LogP contribution in [-0.2, 0) is 0 Å². The minimum Gasteiger partial charge on any atom is -0.512 e. The quantitative estimate of drug-likeness (QED) is 0.238. The topological polar surface area (TPSA) is 23.8 Å². The van der Waals surface area contributed by atoms with Gasteiger partial charge in [0.05, 0.1) is 0 Å². The maximum Gasteiger partial charge on any atom is 1.00 e. The Hall–Kier alpha value is 1.13. The first-order valence-corrected chi connectivity index (χ1v) is 0.224. The van der Waals surface area contributed by atoms with Crippen LogP contribution in [0.25, 0.3) is 0 Å². The van der Waals surface area contributed by atoms with Gasteiger partial charge in [0.25, 0.3) is 0 Å². The fourth-order valence-corrected chi connectivity index (χ4v) is 0. The van der Waals surface area contributed by atoms with Crippen LogP contribution in [0, 0.1) is 11.8 Å². The fourth-order valence-electron chi connectivity index (χ4n) is 0. The number of hydrogen-bond donors (Lipinski definition) is 0. The summed E-state index contributed by atoms with van der Waals surface area (Å²) in [7, 11) is 0. The van der Waals surface area contributed by atoms with E-state index in [1.807, 2.05) is 0 Å². The maximum absolute atomic E-state index is 6.25. The second-order valence-electron chi connectivity index (χ2n) is 0. The summed E-state index contributed by atoms with van der Waals surface area (Å²) in [4.78, 5) is 0. The molecule has 0 spiro atoms. The molecule has 0 N–H and O–H groups in total. The summed E-state index contributed by atoms with van der Waals surface area (Å²) >= 11 is 0. The Labute approximate surface area is 69.4 Å². The zero-order valence-electron chi connectivity index (χ0n) is 1.95. The Morgan fingerprint density at radius 1 is 1.25 bits per heavy atom. The maximum atomic E-state index is 6.25. The first-order chi connectivity index (χ1) is 1.00. The Balaban J connectivity index is -0.00000000500. The molecule has 0 fully saturated rings. The van der Waals surface area contributed by atoms with E-state index < -0.39 is 0 Å². The molecule has 0 aromatic rings. The van der Waals surface area contributed by atoms with E-state index in [-0.39, 0.29) is 58.8 Å². The van der Waals surface area contributed by atoms with Gasteiger partial charge >= 0.3 is 51.4 Å². The van der Waals surface area contributed by atoms with Gasteiger partial charge < -0.3 is 11.8 Å².